The van der Waals surface area contributed by atoms with E-state index in [0.717, 1.165) is 5.56 Å². The van der Waals surface area contributed by atoms with E-state index < -0.39 is 10.0 Å². The van der Waals surface area contributed by atoms with Crippen molar-refractivity contribution >= 4 is 34.4 Å². The Bertz CT molecular complexity index is 1030. The van der Waals surface area contributed by atoms with Crippen LogP contribution in [0.25, 0.3) is 17.8 Å². The third-order valence-electron chi connectivity index (χ3n) is 3.35. The van der Waals surface area contributed by atoms with Gasteiger partial charge in [0.25, 0.3) is 0 Å². The first kappa shape index (κ1) is 16.3. The molecule has 0 atom stereocenters. The average Bonchev–Trinajstić information content (AvgIpc) is 2.94. The molecule has 0 saturated heterocycles. The van der Waals surface area contributed by atoms with Crippen LogP contribution in [0.15, 0.2) is 59.5 Å². The molecule has 0 saturated carbocycles. The number of H-pyrrole nitrogens is 1. The van der Waals surface area contributed by atoms with Gasteiger partial charge in [0, 0.05) is 0 Å². The number of nitrogens with zero attached hydrogens (tertiary/aromatic N) is 2. The van der Waals surface area contributed by atoms with E-state index in [1.165, 1.54) is 12.1 Å². The van der Waals surface area contributed by atoms with E-state index in [4.69, 9.17) is 17.4 Å². The maximum atomic E-state index is 11.3. The van der Waals surface area contributed by atoms with Crippen LogP contribution in [0.5, 0.6) is 0 Å². The number of aromatic amines is 1. The minimum Gasteiger partial charge on any atom is -0.269 e. The SMILES string of the molecule is NS(=O)(=O)c1ccc(-n2c(/C=C/c3ccccc3)n[nH]c2=S)cc1. The lowest BCUT2D eigenvalue weighted by molar-refractivity contribution is 0.598. The maximum absolute atomic E-state index is 11.3. The first-order chi connectivity index (χ1) is 11.4. The molecule has 3 N–H and O–H groups in total. The molecule has 3 rings (SSSR count). The molecule has 0 bridgehead atoms. The Hall–Kier alpha value is -2.55. The third-order valence-corrected chi connectivity index (χ3v) is 4.55. The van der Waals surface area contributed by atoms with E-state index in [9.17, 15) is 8.42 Å². The monoisotopic (exact) mass is 358 g/mol. The number of aromatic nitrogens is 3. The fourth-order valence-electron chi connectivity index (χ4n) is 2.19. The zero-order valence-electron chi connectivity index (χ0n) is 12.5. The zero-order chi connectivity index (χ0) is 17.2. The van der Waals surface area contributed by atoms with Crippen LogP contribution >= 0.6 is 12.2 Å². The van der Waals surface area contributed by atoms with Gasteiger partial charge in [0.15, 0.2) is 10.6 Å². The molecule has 0 spiro atoms. The summed E-state index contributed by atoms with van der Waals surface area (Å²) in [6, 6.07) is 15.9. The molecule has 0 fully saturated rings. The highest BCUT2D eigenvalue weighted by Crippen LogP contribution is 2.16. The van der Waals surface area contributed by atoms with Gasteiger partial charge in [0.2, 0.25) is 10.0 Å². The van der Waals surface area contributed by atoms with Crippen molar-refractivity contribution in [3.05, 3.63) is 70.8 Å². The molecule has 1 aromatic heterocycles. The lowest BCUT2D eigenvalue weighted by atomic mass is 10.2. The number of primary sulfonamides is 1. The van der Waals surface area contributed by atoms with Gasteiger partial charge in [-0.15, -0.1) is 0 Å². The van der Waals surface area contributed by atoms with Crippen molar-refractivity contribution in [1.29, 1.82) is 0 Å². The summed E-state index contributed by atoms with van der Waals surface area (Å²) in [4.78, 5) is 0.0441. The standard InChI is InChI=1S/C16H14N4O2S2/c17-24(21,22)14-9-7-13(8-10-14)20-15(18-19-16(20)23)11-6-12-4-2-1-3-5-12/h1-11H,(H,19,23)(H2,17,21,22)/b11-6+. The van der Waals surface area contributed by atoms with E-state index in [1.807, 2.05) is 42.5 Å². The third kappa shape index (κ3) is 3.51. The summed E-state index contributed by atoms with van der Waals surface area (Å²) in [6.45, 7) is 0. The first-order valence-corrected chi connectivity index (χ1v) is 8.94. The molecule has 8 heteroatoms. The Morgan fingerprint density at radius 3 is 2.33 bits per heavy atom. The lowest BCUT2D eigenvalue weighted by Crippen LogP contribution is -2.12. The molecule has 0 aliphatic carbocycles. The van der Waals surface area contributed by atoms with Crippen molar-refractivity contribution in [3.8, 4) is 5.69 Å². The highest BCUT2D eigenvalue weighted by atomic mass is 32.2. The van der Waals surface area contributed by atoms with E-state index >= 15 is 0 Å². The van der Waals surface area contributed by atoms with Gasteiger partial charge in [-0.2, -0.15) is 5.10 Å². The molecular weight excluding hydrogens is 344 g/mol. The van der Waals surface area contributed by atoms with Gasteiger partial charge >= 0.3 is 0 Å². The van der Waals surface area contributed by atoms with Gasteiger partial charge < -0.3 is 0 Å². The van der Waals surface area contributed by atoms with Gasteiger partial charge in [-0.25, -0.2) is 13.6 Å². The number of sulfonamides is 1. The molecule has 2 aromatic carbocycles. The molecule has 24 heavy (non-hydrogen) atoms. The van der Waals surface area contributed by atoms with E-state index in [-0.39, 0.29) is 4.90 Å². The second-order valence-corrected chi connectivity index (χ2v) is 6.95. The van der Waals surface area contributed by atoms with Crippen molar-refractivity contribution in [3.63, 3.8) is 0 Å². The fraction of sp³-hybridized carbons (Fsp3) is 0. The van der Waals surface area contributed by atoms with Crippen molar-refractivity contribution < 1.29 is 8.42 Å². The first-order valence-electron chi connectivity index (χ1n) is 6.99. The van der Waals surface area contributed by atoms with Crippen LogP contribution in [0.3, 0.4) is 0 Å². The molecule has 0 aliphatic rings. The van der Waals surface area contributed by atoms with Crippen molar-refractivity contribution in [2.45, 2.75) is 4.90 Å². The van der Waals surface area contributed by atoms with E-state index in [2.05, 4.69) is 10.2 Å². The highest BCUT2D eigenvalue weighted by molar-refractivity contribution is 7.89. The Kier molecular flexibility index (Phi) is 4.43. The molecule has 0 aliphatic heterocycles. The Morgan fingerprint density at radius 1 is 1.04 bits per heavy atom. The summed E-state index contributed by atoms with van der Waals surface area (Å²) in [5.41, 5.74) is 1.72. The summed E-state index contributed by atoms with van der Waals surface area (Å²) in [6.07, 6.45) is 3.75. The van der Waals surface area contributed by atoms with E-state index in [0.29, 0.717) is 16.3 Å². The molecule has 0 amide bonds. The number of rotatable bonds is 4. The zero-order valence-corrected chi connectivity index (χ0v) is 14.1. The number of nitrogens with one attached hydrogen (secondary N) is 1. The molecule has 0 unspecified atom stereocenters. The molecule has 6 nitrogen and oxygen atoms in total. The van der Waals surface area contributed by atoms with Gasteiger partial charge in [-0.3, -0.25) is 9.67 Å². The summed E-state index contributed by atoms with van der Waals surface area (Å²) >= 11 is 5.26. The van der Waals surface area contributed by atoms with Crippen molar-refractivity contribution in [1.82, 2.24) is 14.8 Å². The second kappa shape index (κ2) is 6.52. The molecule has 0 radical (unpaired) electrons. The predicted molar refractivity (Wildman–Crippen MR) is 95.5 cm³/mol. The largest absolute Gasteiger partial charge is 0.269 e. The summed E-state index contributed by atoms with van der Waals surface area (Å²) in [5.74, 6) is 0.604. The molecule has 3 aromatic rings. The van der Waals surface area contributed by atoms with Crippen LogP contribution in [0.1, 0.15) is 11.4 Å². The smallest absolute Gasteiger partial charge is 0.238 e. The number of nitrogens with two attached hydrogens (primary N) is 1. The minimum atomic E-state index is -3.73. The van der Waals surface area contributed by atoms with Crippen molar-refractivity contribution in [2.75, 3.05) is 0 Å². The van der Waals surface area contributed by atoms with Crippen LogP contribution in [0, 0.1) is 4.77 Å². The normalized spacial score (nSPS) is 11.9. The fourth-order valence-corrected chi connectivity index (χ4v) is 2.95. The highest BCUT2D eigenvalue weighted by Gasteiger charge is 2.10. The molecule has 1 heterocycles. The van der Waals surface area contributed by atoms with Crippen LogP contribution in [0.2, 0.25) is 0 Å². The number of hydrogen-bond acceptors (Lipinski definition) is 4. The Morgan fingerprint density at radius 2 is 1.71 bits per heavy atom. The Labute approximate surface area is 144 Å². The van der Waals surface area contributed by atoms with Gasteiger partial charge in [-0.1, -0.05) is 36.4 Å². The van der Waals surface area contributed by atoms with Crippen LogP contribution in [0.4, 0.5) is 0 Å². The van der Waals surface area contributed by atoms with E-state index in [1.54, 1.807) is 16.7 Å². The summed E-state index contributed by atoms with van der Waals surface area (Å²) in [5, 5.41) is 12.0. The van der Waals surface area contributed by atoms with Crippen LogP contribution < -0.4 is 5.14 Å². The van der Waals surface area contributed by atoms with Crippen LogP contribution in [-0.2, 0) is 10.0 Å². The summed E-state index contributed by atoms with van der Waals surface area (Å²) in [7, 11) is -3.73. The quantitative estimate of drug-likeness (QED) is 0.701. The number of hydrogen-bond donors (Lipinski definition) is 2. The molecule has 122 valence electrons. The molecular formula is C16H14N4O2S2. The Balaban J connectivity index is 1.99. The lowest BCUT2D eigenvalue weighted by Gasteiger charge is -2.05. The maximum Gasteiger partial charge on any atom is 0.238 e. The van der Waals surface area contributed by atoms with Gasteiger partial charge in [0.05, 0.1) is 10.6 Å². The summed E-state index contributed by atoms with van der Waals surface area (Å²) < 4.78 is 24.8. The van der Waals surface area contributed by atoms with Crippen LogP contribution in [-0.4, -0.2) is 23.2 Å². The topological polar surface area (TPSA) is 93.8 Å². The minimum absolute atomic E-state index is 0.0441. The van der Waals surface area contributed by atoms with Gasteiger partial charge in [-0.05, 0) is 48.1 Å². The second-order valence-electron chi connectivity index (χ2n) is 5.01. The predicted octanol–water partition coefficient (Wildman–Crippen LogP) is 2.75. The van der Waals surface area contributed by atoms with Gasteiger partial charge in [0.1, 0.15) is 0 Å². The van der Waals surface area contributed by atoms with Crippen molar-refractivity contribution in [2.24, 2.45) is 5.14 Å². The average molecular weight is 358 g/mol. The number of benzene rings is 2.